The van der Waals surface area contributed by atoms with Gasteiger partial charge in [-0.15, -0.1) is 0 Å². The van der Waals surface area contributed by atoms with Crippen molar-refractivity contribution in [3.8, 4) is 0 Å². The molecule has 84 valence electrons. The van der Waals surface area contributed by atoms with Crippen molar-refractivity contribution in [2.45, 2.75) is 63.8 Å². The average molecular weight is 205 g/mol. The van der Waals surface area contributed by atoms with Gasteiger partial charge in [-0.1, -0.05) is 26.7 Å². The summed E-state index contributed by atoms with van der Waals surface area (Å²) in [6.45, 7) is 4.19. The predicted molar refractivity (Wildman–Crippen MR) is 54.4 cm³/mol. The van der Waals surface area contributed by atoms with Gasteiger partial charge in [-0.05, 0) is 18.8 Å². The van der Waals surface area contributed by atoms with E-state index in [1.165, 1.54) is 0 Å². The molecule has 2 N–H and O–H groups in total. The minimum absolute atomic E-state index is 0.0278. The molecule has 0 heterocycles. The number of rotatable bonds is 3. The highest BCUT2D eigenvalue weighted by Crippen LogP contribution is 2.42. The van der Waals surface area contributed by atoms with Gasteiger partial charge in [0.05, 0.1) is 0 Å². The summed E-state index contributed by atoms with van der Waals surface area (Å²) in [5, 5.41) is 0. The number of halogens is 2. The summed E-state index contributed by atoms with van der Waals surface area (Å²) in [5.41, 5.74) is 5.88. The molecule has 0 aliphatic heterocycles. The highest BCUT2D eigenvalue weighted by atomic mass is 19.3. The summed E-state index contributed by atoms with van der Waals surface area (Å²) in [5.74, 6) is -2.06. The number of hydrogen-bond acceptors (Lipinski definition) is 1. The summed E-state index contributed by atoms with van der Waals surface area (Å²) in [6.07, 6.45) is 2.90. The Morgan fingerprint density at radius 2 is 1.50 bits per heavy atom. The summed E-state index contributed by atoms with van der Waals surface area (Å²) in [4.78, 5) is 0. The monoisotopic (exact) mass is 205 g/mol. The summed E-state index contributed by atoms with van der Waals surface area (Å²) >= 11 is 0. The second kappa shape index (κ2) is 4.13. The van der Waals surface area contributed by atoms with E-state index in [4.69, 9.17) is 5.73 Å². The normalized spacial score (nSPS) is 25.3. The Labute approximate surface area is 85.1 Å². The van der Waals surface area contributed by atoms with Crippen LogP contribution in [-0.2, 0) is 0 Å². The van der Waals surface area contributed by atoms with E-state index in [2.05, 4.69) is 13.8 Å². The lowest BCUT2D eigenvalue weighted by Gasteiger charge is -2.42. The Balaban J connectivity index is 2.60. The first kappa shape index (κ1) is 11.9. The van der Waals surface area contributed by atoms with E-state index in [1.54, 1.807) is 0 Å². The second-order valence-electron chi connectivity index (χ2n) is 4.60. The number of alkyl halides is 2. The highest BCUT2D eigenvalue weighted by Gasteiger charge is 2.43. The van der Waals surface area contributed by atoms with Crippen LogP contribution in [0.4, 0.5) is 8.78 Å². The first-order chi connectivity index (χ1) is 6.43. The summed E-state index contributed by atoms with van der Waals surface area (Å²) < 4.78 is 25.9. The molecule has 0 bridgehead atoms. The molecule has 0 aromatic rings. The average Bonchev–Trinajstić information content (AvgIpc) is 2.13. The van der Waals surface area contributed by atoms with E-state index in [-0.39, 0.29) is 18.4 Å². The second-order valence-corrected chi connectivity index (χ2v) is 4.60. The lowest BCUT2D eigenvalue weighted by Crippen LogP contribution is -2.51. The standard InChI is InChI=1S/C11H21F2N/c1-3-9(4-2)10(14)5-7-11(12,13)8-6-10/h9H,3-8,14H2,1-2H3. The van der Waals surface area contributed by atoms with Crippen molar-refractivity contribution >= 4 is 0 Å². The van der Waals surface area contributed by atoms with Crippen molar-refractivity contribution in [3.05, 3.63) is 0 Å². The van der Waals surface area contributed by atoms with Crippen LogP contribution in [0.15, 0.2) is 0 Å². The lowest BCUT2D eigenvalue weighted by molar-refractivity contribution is -0.0592. The van der Waals surface area contributed by atoms with Crippen molar-refractivity contribution in [1.29, 1.82) is 0 Å². The lowest BCUT2D eigenvalue weighted by atomic mass is 9.70. The molecule has 1 nitrogen and oxygen atoms in total. The van der Waals surface area contributed by atoms with Gasteiger partial charge < -0.3 is 5.73 Å². The van der Waals surface area contributed by atoms with Crippen molar-refractivity contribution in [1.82, 2.24) is 0 Å². The van der Waals surface area contributed by atoms with Gasteiger partial charge in [-0.2, -0.15) is 0 Å². The highest BCUT2D eigenvalue weighted by molar-refractivity contribution is 4.96. The SMILES string of the molecule is CCC(CC)C1(N)CCC(F)(F)CC1. The predicted octanol–water partition coefficient (Wildman–Crippen LogP) is 3.33. The smallest absolute Gasteiger partial charge is 0.248 e. The molecule has 3 heteroatoms. The Hall–Kier alpha value is -0.180. The van der Waals surface area contributed by atoms with Gasteiger partial charge in [0.1, 0.15) is 0 Å². The quantitative estimate of drug-likeness (QED) is 0.751. The fourth-order valence-corrected chi connectivity index (χ4v) is 2.59. The zero-order chi connectivity index (χ0) is 10.8. The first-order valence-corrected chi connectivity index (χ1v) is 5.60. The minimum Gasteiger partial charge on any atom is -0.325 e. The van der Waals surface area contributed by atoms with Crippen molar-refractivity contribution < 1.29 is 8.78 Å². The zero-order valence-electron chi connectivity index (χ0n) is 9.15. The van der Waals surface area contributed by atoms with Crippen LogP contribution in [0.25, 0.3) is 0 Å². The van der Waals surface area contributed by atoms with E-state index in [1.807, 2.05) is 0 Å². The maximum absolute atomic E-state index is 13.0. The van der Waals surface area contributed by atoms with Crippen LogP contribution in [0.2, 0.25) is 0 Å². The van der Waals surface area contributed by atoms with Crippen LogP contribution in [-0.4, -0.2) is 11.5 Å². The first-order valence-electron chi connectivity index (χ1n) is 5.60. The molecule has 1 fully saturated rings. The van der Waals surface area contributed by atoms with Gasteiger partial charge in [0, 0.05) is 18.4 Å². The third-order valence-electron chi connectivity index (χ3n) is 3.71. The molecule has 0 aromatic heterocycles. The maximum atomic E-state index is 13.0. The fraction of sp³-hybridized carbons (Fsp3) is 1.00. The molecule has 0 unspecified atom stereocenters. The molecule has 0 atom stereocenters. The van der Waals surface area contributed by atoms with Crippen LogP contribution < -0.4 is 5.73 Å². The Bertz CT molecular complexity index is 178. The van der Waals surface area contributed by atoms with Crippen molar-refractivity contribution in [3.63, 3.8) is 0 Å². The third-order valence-corrected chi connectivity index (χ3v) is 3.71. The van der Waals surface area contributed by atoms with E-state index >= 15 is 0 Å². The van der Waals surface area contributed by atoms with E-state index in [0.29, 0.717) is 18.8 Å². The van der Waals surface area contributed by atoms with Crippen LogP contribution in [0.5, 0.6) is 0 Å². The molecule has 0 radical (unpaired) electrons. The minimum atomic E-state index is -2.46. The van der Waals surface area contributed by atoms with Crippen LogP contribution >= 0.6 is 0 Å². The van der Waals surface area contributed by atoms with E-state index < -0.39 is 5.92 Å². The zero-order valence-corrected chi connectivity index (χ0v) is 9.15. The molecule has 0 aromatic carbocycles. The van der Waals surface area contributed by atoms with Gasteiger partial charge >= 0.3 is 0 Å². The van der Waals surface area contributed by atoms with Gasteiger partial charge in [-0.25, -0.2) is 8.78 Å². The summed E-state index contributed by atoms with van der Waals surface area (Å²) in [7, 11) is 0. The van der Waals surface area contributed by atoms with Crippen molar-refractivity contribution in [2.75, 3.05) is 0 Å². The number of nitrogens with two attached hydrogens (primary N) is 1. The van der Waals surface area contributed by atoms with E-state index in [0.717, 1.165) is 12.8 Å². The van der Waals surface area contributed by atoms with Crippen LogP contribution in [0, 0.1) is 5.92 Å². The van der Waals surface area contributed by atoms with Gasteiger partial charge in [-0.3, -0.25) is 0 Å². The molecule has 0 spiro atoms. The summed E-state index contributed by atoms with van der Waals surface area (Å²) in [6, 6.07) is 0. The van der Waals surface area contributed by atoms with E-state index in [9.17, 15) is 8.78 Å². The van der Waals surface area contributed by atoms with Crippen molar-refractivity contribution in [2.24, 2.45) is 11.7 Å². The van der Waals surface area contributed by atoms with Gasteiger partial charge in [0.15, 0.2) is 0 Å². The largest absolute Gasteiger partial charge is 0.325 e. The molecule has 0 amide bonds. The molecule has 1 saturated carbocycles. The van der Waals surface area contributed by atoms with Gasteiger partial charge in [0.2, 0.25) is 5.92 Å². The number of hydrogen-bond donors (Lipinski definition) is 1. The Morgan fingerprint density at radius 3 is 1.86 bits per heavy atom. The molecule has 1 aliphatic carbocycles. The molecule has 1 aliphatic rings. The van der Waals surface area contributed by atoms with Gasteiger partial charge in [0.25, 0.3) is 0 Å². The maximum Gasteiger partial charge on any atom is 0.248 e. The van der Waals surface area contributed by atoms with Crippen LogP contribution in [0.1, 0.15) is 52.4 Å². The Kier molecular flexibility index (Phi) is 3.51. The van der Waals surface area contributed by atoms with Crippen LogP contribution in [0.3, 0.4) is 0 Å². The molecular weight excluding hydrogens is 184 g/mol. The molecule has 0 saturated heterocycles. The third kappa shape index (κ3) is 2.44. The molecular formula is C11H21F2N. The fourth-order valence-electron chi connectivity index (χ4n) is 2.59. The molecule has 14 heavy (non-hydrogen) atoms. The molecule has 1 rings (SSSR count). The topological polar surface area (TPSA) is 26.0 Å². The Morgan fingerprint density at radius 1 is 1.07 bits per heavy atom.